The van der Waals surface area contributed by atoms with Gasteiger partial charge in [0.05, 0.1) is 11.6 Å². The molecule has 5 aromatic rings. The molecule has 0 atom stereocenters. The number of aryl methyl sites for hydroxylation is 2. The molecule has 5 rings (SSSR count). The number of hydrogen-bond acceptors (Lipinski definition) is 6. The fourth-order valence-corrected chi connectivity index (χ4v) is 3.76. The van der Waals surface area contributed by atoms with Crippen LogP contribution in [0, 0.1) is 20.8 Å². The summed E-state index contributed by atoms with van der Waals surface area (Å²) in [5.74, 6) is 1.35. The number of pyridine rings is 1. The van der Waals surface area contributed by atoms with Gasteiger partial charge in [0.15, 0.2) is 23.7 Å². The highest BCUT2D eigenvalue weighted by Gasteiger charge is 2.19. The zero-order valence-corrected chi connectivity index (χ0v) is 18.6. The minimum Gasteiger partial charge on any atom is -0.387 e. The highest BCUT2D eigenvalue weighted by atomic mass is 35.5. The van der Waals surface area contributed by atoms with Crippen molar-refractivity contribution in [3.05, 3.63) is 82.2 Å². The van der Waals surface area contributed by atoms with Gasteiger partial charge in [0.25, 0.3) is 0 Å². The van der Waals surface area contributed by atoms with E-state index in [1.54, 1.807) is 35.4 Å². The van der Waals surface area contributed by atoms with E-state index in [0.29, 0.717) is 10.8 Å². The zero-order chi connectivity index (χ0) is 22.2. The van der Waals surface area contributed by atoms with Crippen LogP contribution in [0.15, 0.2) is 54.1 Å². The van der Waals surface area contributed by atoms with E-state index in [4.69, 9.17) is 16.4 Å². The molecular formula is C23H20ClN7O. The number of benzene rings is 1. The van der Waals surface area contributed by atoms with Crippen LogP contribution in [0.4, 0.5) is 0 Å². The van der Waals surface area contributed by atoms with Crippen LogP contribution in [0.1, 0.15) is 28.2 Å². The molecule has 0 N–H and O–H groups in total. The summed E-state index contributed by atoms with van der Waals surface area (Å²) >= 11 is 5.89. The van der Waals surface area contributed by atoms with Crippen molar-refractivity contribution in [1.82, 2.24) is 29.1 Å². The SMILES string of the molecule is Cc1ccnc(-n2c(C)c(C)c3c2ncn2nc(CO/N=C/c4ccc(Cl)cc4)nc32)c1. The van der Waals surface area contributed by atoms with Crippen molar-refractivity contribution in [1.29, 1.82) is 0 Å². The van der Waals surface area contributed by atoms with Crippen LogP contribution in [-0.2, 0) is 11.4 Å². The first-order chi connectivity index (χ1) is 15.5. The Morgan fingerprint density at radius 2 is 1.88 bits per heavy atom. The highest BCUT2D eigenvalue weighted by Crippen LogP contribution is 2.29. The van der Waals surface area contributed by atoms with E-state index in [9.17, 15) is 0 Å². The number of rotatable bonds is 5. The summed E-state index contributed by atoms with van der Waals surface area (Å²) in [5, 5.41) is 10.1. The summed E-state index contributed by atoms with van der Waals surface area (Å²) in [7, 11) is 0. The molecule has 0 aliphatic rings. The van der Waals surface area contributed by atoms with Gasteiger partial charge in [0.2, 0.25) is 0 Å². The van der Waals surface area contributed by atoms with Gasteiger partial charge >= 0.3 is 0 Å². The molecule has 0 unspecified atom stereocenters. The second kappa shape index (κ2) is 8.05. The van der Waals surface area contributed by atoms with Gasteiger partial charge in [-0.3, -0.25) is 4.57 Å². The Kier molecular flexibility index (Phi) is 5.07. The molecule has 32 heavy (non-hydrogen) atoms. The standard InChI is InChI=1S/C23H20ClN7O/c1-14-8-9-25-20(10-14)31-16(3)15(2)21-22(31)26-13-30-23(21)28-19(29-30)12-32-27-11-17-4-6-18(24)7-5-17/h4-11,13H,12H2,1-3H3/b27-11+. The lowest BCUT2D eigenvalue weighted by atomic mass is 10.2. The van der Waals surface area contributed by atoms with Gasteiger partial charge in [-0.2, -0.15) is 0 Å². The lowest BCUT2D eigenvalue weighted by molar-refractivity contribution is 0.126. The van der Waals surface area contributed by atoms with Gasteiger partial charge in [0, 0.05) is 16.9 Å². The largest absolute Gasteiger partial charge is 0.387 e. The van der Waals surface area contributed by atoms with Gasteiger partial charge in [0.1, 0.15) is 12.1 Å². The highest BCUT2D eigenvalue weighted by molar-refractivity contribution is 6.30. The minimum atomic E-state index is 0.144. The molecule has 8 nitrogen and oxygen atoms in total. The molecular weight excluding hydrogens is 426 g/mol. The maximum atomic E-state index is 5.89. The van der Waals surface area contributed by atoms with Gasteiger partial charge in [-0.05, 0) is 61.7 Å². The average molecular weight is 446 g/mol. The number of halogens is 1. The molecule has 4 heterocycles. The van der Waals surface area contributed by atoms with Crippen LogP contribution in [0.3, 0.4) is 0 Å². The van der Waals surface area contributed by atoms with Gasteiger partial charge in [-0.1, -0.05) is 28.9 Å². The number of hydrogen-bond donors (Lipinski definition) is 0. The fraction of sp³-hybridized carbons (Fsp3) is 0.174. The first-order valence-electron chi connectivity index (χ1n) is 10.1. The number of nitrogens with zero attached hydrogens (tertiary/aromatic N) is 7. The maximum Gasteiger partial charge on any atom is 0.192 e. The van der Waals surface area contributed by atoms with E-state index in [1.165, 1.54) is 0 Å². The normalized spacial score (nSPS) is 11.8. The van der Waals surface area contributed by atoms with E-state index in [-0.39, 0.29) is 6.61 Å². The summed E-state index contributed by atoms with van der Waals surface area (Å²) in [6.45, 7) is 6.31. The van der Waals surface area contributed by atoms with Crippen molar-refractivity contribution < 1.29 is 4.84 Å². The molecule has 0 saturated carbocycles. The summed E-state index contributed by atoms with van der Waals surface area (Å²) in [6, 6.07) is 11.3. The number of fused-ring (bicyclic) bond motifs is 3. The predicted molar refractivity (Wildman–Crippen MR) is 123 cm³/mol. The third kappa shape index (κ3) is 3.58. The molecule has 0 saturated heterocycles. The molecule has 4 aromatic heterocycles. The molecule has 0 amide bonds. The number of aromatic nitrogens is 6. The van der Waals surface area contributed by atoms with Crippen LogP contribution in [0.5, 0.6) is 0 Å². The van der Waals surface area contributed by atoms with E-state index in [1.807, 2.05) is 31.2 Å². The lowest BCUT2D eigenvalue weighted by Crippen LogP contribution is -2.01. The minimum absolute atomic E-state index is 0.144. The fourth-order valence-electron chi connectivity index (χ4n) is 3.63. The molecule has 0 spiro atoms. The maximum absolute atomic E-state index is 5.89. The monoisotopic (exact) mass is 445 g/mol. The first kappa shape index (κ1) is 20.1. The molecule has 0 aliphatic heterocycles. The second-order valence-corrected chi connectivity index (χ2v) is 7.97. The molecule has 0 radical (unpaired) electrons. The Morgan fingerprint density at radius 1 is 1.06 bits per heavy atom. The van der Waals surface area contributed by atoms with E-state index in [0.717, 1.165) is 44.9 Å². The van der Waals surface area contributed by atoms with Crippen molar-refractivity contribution in [3.63, 3.8) is 0 Å². The topological polar surface area (TPSA) is 82.5 Å². The van der Waals surface area contributed by atoms with Crippen molar-refractivity contribution in [2.75, 3.05) is 0 Å². The summed E-state index contributed by atoms with van der Waals surface area (Å²) in [6.07, 6.45) is 5.09. The van der Waals surface area contributed by atoms with Crippen LogP contribution in [0.2, 0.25) is 5.02 Å². The molecule has 1 aromatic carbocycles. The third-order valence-electron chi connectivity index (χ3n) is 5.35. The van der Waals surface area contributed by atoms with Crippen LogP contribution >= 0.6 is 11.6 Å². The Labute approximate surface area is 189 Å². The van der Waals surface area contributed by atoms with E-state index >= 15 is 0 Å². The molecule has 0 bridgehead atoms. The van der Waals surface area contributed by atoms with Gasteiger partial charge < -0.3 is 4.84 Å². The summed E-state index contributed by atoms with van der Waals surface area (Å²) in [4.78, 5) is 19.3. The molecule has 0 aliphatic carbocycles. The smallest absolute Gasteiger partial charge is 0.192 e. The molecule has 0 fully saturated rings. The predicted octanol–water partition coefficient (Wildman–Crippen LogP) is 4.59. The van der Waals surface area contributed by atoms with Crippen molar-refractivity contribution >= 4 is 34.5 Å². The van der Waals surface area contributed by atoms with E-state index in [2.05, 4.69) is 43.6 Å². The zero-order valence-electron chi connectivity index (χ0n) is 17.8. The van der Waals surface area contributed by atoms with Crippen molar-refractivity contribution in [2.45, 2.75) is 27.4 Å². The summed E-state index contributed by atoms with van der Waals surface area (Å²) < 4.78 is 3.73. The van der Waals surface area contributed by atoms with Gasteiger partial charge in [-0.25, -0.2) is 19.5 Å². The molecule has 160 valence electrons. The quantitative estimate of drug-likeness (QED) is 0.292. The Hall–Kier alpha value is -3.78. The first-order valence-corrected chi connectivity index (χ1v) is 10.4. The average Bonchev–Trinajstić information content (AvgIpc) is 3.31. The van der Waals surface area contributed by atoms with E-state index < -0.39 is 0 Å². The lowest BCUT2D eigenvalue weighted by Gasteiger charge is -2.07. The Morgan fingerprint density at radius 3 is 2.66 bits per heavy atom. The van der Waals surface area contributed by atoms with Crippen molar-refractivity contribution in [3.8, 4) is 5.82 Å². The third-order valence-corrected chi connectivity index (χ3v) is 5.60. The van der Waals surface area contributed by atoms with Crippen LogP contribution in [-0.4, -0.2) is 35.3 Å². The van der Waals surface area contributed by atoms with Crippen LogP contribution < -0.4 is 0 Å². The van der Waals surface area contributed by atoms with Crippen molar-refractivity contribution in [2.24, 2.45) is 5.16 Å². The Bertz CT molecular complexity index is 1470. The molecule has 9 heteroatoms. The van der Waals surface area contributed by atoms with Gasteiger partial charge in [-0.15, -0.1) is 5.10 Å². The van der Waals surface area contributed by atoms with Crippen LogP contribution in [0.25, 0.3) is 22.5 Å². The number of oxime groups is 1. The summed E-state index contributed by atoms with van der Waals surface area (Å²) in [5.41, 5.74) is 5.69. The second-order valence-electron chi connectivity index (χ2n) is 7.54. The Balaban J connectivity index is 1.47.